The van der Waals surface area contributed by atoms with Crippen LogP contribution in [0.4, 0.5) is 5.69 Å². The summed E-state index contributed by atoms with van der Waals surface area (Å²) in [6.45, 7) is 5.40. The molecule has 0 bridgehead atoms. The van der Waals surface area contributed by atoms with Crippen molar-refractivity contribution in [3.63, 3.8) is 0 Å². The Bertz CT molecular complexity index is 1370. The molecule has 1 saturated heterocycles. The summed E-state index contributed by atoms with van der Waals surface area (Å²) < 4.78 is 60.6. The summed E-state index contributed by atoms with van der Waals surface area (Å²) in [6.07, 6.45) is 2.36. The minimum absolute atomic E-state index is 0.100. The number of amides is 1. The van der Waals surface area contributed by atoms with Gasteiger partial charge >= 0.3 is 0 Å². The topological polar surface area (TPSA) is 125 Å². The van der Waals surface area contributed by atoms with Crippen molar-refractivity contribution in [1.29, 1.82) is 0 Å². The van der Waals surface area contributed by atoms with Gasteiger partial charge in [-0.05, 0) is 30.0 Å². The molecule has 0 aromatic heterocycles. The molecule has 2 heterocycles. The number of sulfonamides is 2. The van der Waals surface area contributed by atoms with E-state index in [0.717, 1.165) is 11.1 Å². The fraction of sp³-hybridized carbons (Fsp3) is 0.536. The van der Waals surface area contributed by atoms with E-state index in [2.05, 4.69) is 10.0 Å². The normalized spacial score (nSPS) is 17.8. The number of nitrogens with one attached hydrogen (secondary N) is 2. The lowest BCUT2D eigenvalue weighted by molar-refractivity contribution is -0.136. The Morgan fingerprint density at radius 1 is 1.00 bits per heavy atom. The number of anilines is 1. The lowest BCUT2D eigenvalue weighted by atomic mass is 9.74. The third kappa shape index (κ3) is 7.41. The molecular weight excluding hydrogens is 552 g/mol. The summed E-state index contributed by atoms with van der Waals surface area (Å²) in [7, 11) is -7.20. The Morgan fingerprint density at radius 3 is 2.30 bits per heavy atom. The summed E-state index contributed by atoms with van der Waals surface area (Å²) in [4.78, 5) is 15.3. The first-order valence-electron chi connectivity index (χ1n) is 13.6. The van der Waals surface area contributed by atoms with Crippen molar-refractivity contribution in [2.75, 3.05) is 49.1 Å². The summed E-state index contributed by atoms with van der Waals surface area (Å²) in [5.74, 6) is -0.496. The van der Waals surface area contributed by atoms with E-state index >= 15 is 0 Å². The Morgan fingerprint density at radius 2 is 1.65 bits per heavy atom. The van der Waals surface area contributed by atoms with Crippen LogP contribution in [0.1, 0.15) is 37.8 Å². The van der Waals surface area contributed by atoms with Crippen LogP contribution in [0, 0.1) is 0 Å². The third-order valence-corrected chi connectivity index (χ3v) is 10.1. The Hall–Kier alpha value is -2.51. The first-order valence-corrected chi connectivity index (χ1v) is 17.1. The molecule has 12 heteroatoms. The maximum Gasteiger partial charge on any atom is 0.243 e. The van der Waals surface area contributed by atoms with Gasteiger partial charge in [0.15, 0.2) is 0 Å². The first kappa shape index (κ1) is 30.4. The van der Waals surface area contributed by atoms with Crippen molar-refractivity contribution in [1.82, 2.24) is 14.9 Å². The average Bonchev–Trinajstić information content (AvgIpc) is 3.23. The number of fused-ring (bicyclic) bond motifs is 2. The van der Waals surface area contributed by atoms with Crippen molar-refractivity contribution >= 4 is 31.6 Å². The van der Waals surface area contributed by atoms with E-state index in [1.54, 1.807) is 4.90 Å². The van der Waals surface area contributed by atoms with E-state index in [1.807, 2.05) is 68.4 Å². The van der Waals surface area contributed by atoms with Crippen LogP contribution in [0.25, 0.3) is 0 Å². The van der Waals surface area contributed by atoms with Crippen LogP contribution in [-0.4, -0.2) is 84.5 Å². The number of nitrogens with zero attached hydrogens (tertiary/aromatic N) is 2. The van der Waals surface area contributed by atoms with Gasteiger partial charge in [-0.1, -0.05) is 62.4 Å². The van der Waals surface area contributed by atoms with E-state index in [1.165, 1.54) is 10.6 Å². The van der Waals surface area contributed by atoms with Crippen molar-refractivity contribution in [3.05, 3.63) is 65.7 Å². The molecule has 1 fully saturated rings. The van der Waals surface area contributed by atoms with Crippen LogP contribution in [-0.2, 0) is 41.6 Å². The quantitative estimate of drug-likeness (QED) is 0.385. The molecule has 1 spiro atoms. The average molecular weight is 593 g/mol. The summed E-state index contributed by atoms with van der Waals surface area (Å²) in [5.41, 5.74) is 2.21. The number of rotatable bonds is 12. The van der Waals surface area contributed by atoms with Gasteiger partial charge in [0, 0.05) is 37.6 Å². The highest BCUT2D eigenvalue weighted by Gasteiger charge is 2.48. The summed E-state index contributed by atoms with van der Waals surface area (Å²) in [5, 5.41) is 3.09. The van der Waals surface area contributed by atoms with Crippen LogP contribution in [0.5, 0.6) is 0 Å². The molecular formula is C28H40N4O6S2. The van der Waals surface area contributed by atoms with Gasteiger partial charge in [-0.2, -0.15) is 0 Å². The molecule has 0 unspecified atom stereocenters. The molecule has 40 heavy (non-hydrogen) atoms. The highest BCUT2D eigenvalue weighted by Crippen LogP contribution is 2.47. The number of piperidine rings is 1. The number of ether oxygens (including phenoxy) is 1. The third-order valence-electron chi connectivity index (χ3n) is 7.56. The van der Waals surface area contributed by atoms with E-state index in [0.29, 0.717) is 38.2 Å². The molecule has 1 atom stereocenters. The minimum Gasteiger partial charge on any atom is -0.375 e. The number of carbonyl (C=O) groups is 1. The molecule has 2 aliphatic rings. The predicted octanol–water partition coefficient (Wildman–Crippen LogP) is 1.83. The van der Waals surface area contributed by atoms with Gasteiger partial charge in [-0.3, -0.25) is 9.10 Å². The molecule has 0 saturated carbocycles. The number of benzene rings is 2. The molecule has 0 radical (unpaired) electrons. The van der Waals surface area contributed by atoms with Gasteiger partial charge in [-0.25, -0.2) is 21.6 Å². The molecule has 2 N–H and O–H groups in total. The molecule has 4 rings (SSSR count). The standard InChI is InChI=1S/C28H40N4O6S2/c1-22(2)29-15-18-40(36,37)30-25(20-38-19-23-9-5-4-6-10-23)27(33)31-16-13-28(14-17-31)21-32(39(3,34)35)26-12-8-7-11-24(26)28/h4-12,22,25,29-30H,13-21H2,1-3H3/t25-/m1/s1. The zero-order chi connectivity index (χ0) is 29.0. The molecule has 220 valence electrons. The van der Waals surface area contributed by atoms with Crippen molar-refractivity contribution in [2.24, 2.45) is 0 Å². The Balaban J connectivity index is 1.45. The van der Waals surface area contributed by atoms with E-state index in [4.69, 9.17) is 4.74 Å². The van der Waals surface area contributed by atoms with Crippen LogP contribution in [0.3, 0.4) is 0 Å². The predicted molar refractivity (Wildman–Crippen MR) is 156 cm³/mol. The molecule has 2 aromatic carbocycles. The monoisotopic (exact) mass is 592 g/mol. The smallest absolute Gasteiger partial charge is 0.243 e. The lowest BCUT2D eigenvalue weighted by Crippen LogP contribution is -2.55. The second-order valence-electron chi connectivity index (χ2n) is 11.0. The zero-order valence-electron chi connectivity index (χ0n) is 23.4. The maximum atomic E-state index is 13.7. The molecule has 10 nitrogen and oxygen atoms in total. The first-order chi connectivity index (χ1) is 18.9. The molecule has 0 aliphatic carbocycles. The highest BCUT2D eigenvalue weighted by atomic mass is 32.2. The van der Waals surface area contributed by atoms with Crippen LogP contribution in [0.2, 0.25) is 0 Å². The van der Waals surface area contributed by atoms with Gasteiger partial charge in [0.05, 0.1) is 30.9 Å². The minimum atomic E-state index is -3.75. The summed E-state index contributed by atoms with van der Waals surface area (Å²) >= 11 is 0. The summed E-state index contributed by atoms with van der Waals surface area (Å²) in [6, 6.07) is 16.1. The fourth-order valence-electron chi connectivity index (χ4n) is 5.47. The van der Waals surface area contributed by atoms with Crippen LogP contribution in [0.15, 0.2) is 54.6 Å². The van der Waals surface area contributed by atoms with Gasteiger partial charge in [0.1, 0.15) is 6.04 Å². The molecule has 2 aromatic rings. The lowest BCUT2D eigenvalue weighted by Gasteiger charge is -2.40. The highest BCUT2D eigenvalue weighted by molar-refractivity contribution is 7.92. The van der Waals surface area contributed by atoms with Crippen molar-refractivity contribution in [2.45, 2.75) is 50.8 Å². The molecule has 2 aliphatic heterocycles. The van der Waals surface area contributed by atoms with Crippen LogP contribution < -0.4 is 14.3 Å². The van der Waals surface area contributed by atoms with E-state index in [-0.39, 0.29) is 37.5 Å². The Labute approximate surface area is 238 Å². The number of hydrogen-bond acceptors (Lipinski definition) is 7. The van der Waals surface area contributed by atoms with E-state index < -0.39 is 31.5 Å². The number of likely N-dealkylation sites (tertiary alicyclic amines) is 1. The van der Waals surface area contributed by atoms with Crippen molar-refractivity contribution in [3.8, 4) is 0 Å². The number of carbonyl (C=O) groups excluding carboxylic acids is 1. The maximum absolute atomic E-state index is 13.7. The number of hydrogen-bond donors (Lipinski definition) is 2. The van der Waals surface area contributed by atoms with Crippen molar-refractivity contribution < 1.29 is 26.4 Å². The second kappa shape index (κ2) is 12.6. The van der Waals surface area contributed by atoms with Gasteiger partial charge in [-0.15, -0.1) is 0 Å². The van der Waals surface area contributed by atoms with Gasteiger partial charge in [0.25, 0.3) is 0 Å². The molecule has 1 amide bonds. The second-order valence-corrected chi connectivity index (χ2v) is 14.8. The zero-order valence-corrected chi connectivity index (χ0v) is 25.0. The van der Waals surface area contributed by atoms with Gasteiger partial charge in [0.2, 0.25) is 26.0 Å². The van der Waals surface area contributed by atoms with E-state index in [9.17, 15) is 21.6 Å². The van der Waals surface area contributed by atoms with Crippen LogP contribution >= 0.6 is 0 Å². The SMILES string of the molecule is CC(C)NCCS(=O)(=O)N[C@H](COCc1ccccc1)C(=O)N1CCC2(CC1)CN(S(C)(=O)=O)c1ccccc12. The Kier molecular flexibility index (Phi) is 9.56. The fourth-order valence-corrected chi connectivity index (χ4v) is 7.57. The largest absolute Gasteiger partial charge is 0.375 e. The van der Waals surface area contributed by atoms with Gasteiger partial charge < -0.3 is 15.0 Å². The number of para-hydroxylation sites is 1.